The van der Waals surface area contributed by atoms with Crippen molar-refractivity contribution in [3.05, 3.63) is 35.9 Å². The molecule has 80 valence electrons. The van der Waals surface area contributed by atoms with Crippen molar-refractivity contribution >= 4 is 5.97 Å². The van der Waals surface area contributed by atoms with Crippen LogP contribution in [0.25, 0.3) is 0 Å². The van der Waals surface area contributed by atoms with Gasteiger partial charge in [0.05, 0.1) is 5.56 Å². The minimum Gasteiger partial charge on any atom is -0.457 e. The molecule has 15 heavy (non-hydrogen) atoms. The Morgan fingerprint density at radius 1 is 1.27 bits per heavy atom. The number of hydrogen-bond donors (Lipinski definition) is 1. The third-order valence-corrected chi connectivity index (χ3v) is 2.77. The smallest absolute Gasteiger partial charge is 0.338 e. The standard InChI is InChI=1S/C12H15NO2/c13-10-7-4-8-11(10)15-12(14)9-5-2-1-3-6-9/h1-3,5-6,10-11H,4,7-8,13H2. The zero-order valence-corrected chi connectivity index (χ0v) is 8.56. The van der Waals surface area contributed by atoms with Crippen LogP contribution >= 0.6 is 0 Å². The molecule has 2 rings (SSSR count). The maximum Gasteiger partial charge on any atom is 0.338 e. The molecule has 2 atom stereocenters. The molecule has 0 aromatic heterocycles. The van der Waals surface area contributed by atoms with E-state index in [1.165, 1.54) is 0 Å². The topological polar surface area (TPSA) is 52.3 Å². The van der Waals surface area contributed by atoms with Gasteiger partial charge in [-0.15, -0.1) is 0 Å². The molecule has 0 radical (unpaired) electrons. The summed E-state index contributed by atoms with van der Waals surface area (Å²) in [7, 11) is 0. The monoisotopic (exact) mass is 205 g/mol. The van der Waals surface area contributed by atoms with E-state index < -0.39 is 0 Å². The number of hydrogen-bond acceptors (Lipinski definition) is 3. The fourth-order valence-electron chi connectivity index (χ4n) is 1.88. The molecule has 0 spiro atoms. The van der Waals surface area contributed by atoms with Crippen LogP contribution in [0.15, 0.2) is 30.3 Å². The van der Waals surface area contributed by atoms with Crippen LogP contribution in [0.4, 0.5) is 0 Å². The van der Waals surface area contributed by atoms with Gasteiger partial charge in [0.25, 0.3) is 0 Å². The fraction of sp³-hybridized carbons (Fsp3) is 0.417. The van der Waals surface area contributed by atoms with Crippen molar-refractivity contribution in [1.82, 2.24) is 0 Å². The minimum atomic E-state index is -0.266. The first-order valence-corrected chi connectivity index (χ1v) is 5.29. The number of carbonyl (C=O) groups excluding carboxylic acids is 1. The number of ether oxygens (including phenoxy) is 1. The number of carbonyl (C=O) groups is 1. The molecular weight excluding hydrogens is 190 g/mol. The summed E-state index contributed by atoms with van der Waals surface area (Å²) in [5.74, 6) is -0.266. The molecule has 1 aliphatic carbocycles. The van der Waals surface area contributed by atoms with Gasteiger partial charge < -0.3 is 10.5 Å². The van der Waals surface area contributed by atoms with Crippen molar-refractivity contribution in [2.45, 2.75) is 31.4 Å². The Bertz CT molecular complexity index is 337. The maximum atomic E-state index is 11.7. The van der Waals surface area contributed by atoms with Crippen molar-refractivity contribution in [3.8, 4) is 0 Å². The van der Waals surface area contributed by atoms with Crippen LogP contribution in [-0.2, 0) is 4.74 Å². The summed E-state index contributed by atoms with van der Waals surface area (Å²) in [5, 5.41) is 0. The number of nitrogens with two attached hydrogens (primary N) is 1. The predicted octanol–water partition coefficient (Wildman–Crippen LogP) is 1.72. The summed E-state index contributed by atoms with van der Waals surface area (Å²) >= 11 is 0. The molecule has 3 nitrogen and oxygen atoms in total. The summed E-state index contributed by atoms with van der Waals surface area (Å²) in [6, 6.07) is 9.04. The second-order valence-corrected chi connectivity index (χ2v) is 3.90. The Kier molecular flexibility index (Phi) is 3.02. The van der Waals surface area contributed by atoms with Gasteiger partial charge >= 0.3 is 5.97 Å². The lowest BCUT2D eigenvalue weighted by Crippen LogP contribution is -2.33. The average Bonchev–Trinajstić information content (AvgIpc) is 2.66. The first kappa shape index (κ1) is 10.2. The first-order valence-electron chi connectivity index (χ1n) is 5.29. The molecule has 2 N–H and O–H groups in total. The third-order valence-electron chi connectivity index (χ3n) is 2.77. The molecule has 0 heterocycles. The van der Waals surface area contributed by atoms with Gasteiger partial charge in [0, 0.05) is 6.04 Å². The quantitative estimate of drug-likeness (QED) is 0.748. The Morgan fingerprint density at radius 3 is 2.60 bits per heavy atom. The molecule has 0 aliphatic heterocycles. The highest BCUT2D eigenvalue weighted by molar-refractivity contribution is 5.89. The van der Waals surface area contributed by atoms with Crippen LogP contribution in [-0.4, -0.2) is 18.1 Å². The highest BCUT2D eigenvalue weighted by Gasteiger charge is 2.27. The Balaban J connectivity index is 1.98. The van der Waals surface area contributed by atoms with Crippen LogP contribution in [0.2, 0.25) is 0 Å². The Labute approximate surface area is 89.2 Å². The van der Waals surface area contributed by atoms with E-state index in [2.05, 4.69) is 0 Å². The second kappa shape index (κ2) is 4.45. The van der Waals surface area contributed by atoms with Crippen molar-refractivity contribution in [1.29, 1.82) is 0 Å². The van der Waals surface area contributed by atoms with E-state index >= 15 is 0 Å². The lowest BCUT2D eigenvalue weighted by molar-refractivity contribution is 0.0283. The highest BCUT2D eigenvalue weighted by atomic mass is 16.5. The Hall–Kier alpha value is -1.35. The fourth-order valence-corrected chi connectivity index (χ4v) is 1.88. The van der Waals surface area contributed by atoms with E-state index in [4.69, 9.17) is 10.5 Å². The number of benzene rings is 1. The van der Waals surface area contributed by atoms with E-state index in [-0.39, 0.29) is 18.1 Å². The minimum absolute atomic E-state index is 0.0117. The highest BCUT2D eigenvalue weighted by Crippen LogP contribution is 2.21. The molecule has 1 fully saturated rings. The summed E-state index contributed by atoms with van der Waals surface area (Å²) in [6.07, 6.45) is 2.79. The van der Waals surface area contributed by atoms with E-state index in [1.807, 2.05) is 18.2 Å². The molecule has 3 heteroatoms. The van der Waals surface area contributed by atoms with E-state index in [9.17, 15) is 4.79 Å². The molecule has 1 aromatic carbocycles. The SMILES string of the molecule is NC1CCCC1OC(=O)c1ccccc1. The summed E-state index contributed by atoms with van der Waals surface area (Å²) in [5.41, 5.74) is 6.42. The molecule has 0 bridgehead atoms. The van der Waals surface area contributed by atoms with Crippen molar-refractivity contribution in [2.24, 2.45) is 5.73 Å². The second-order valence-electron chi connectivity index (χ2n) is 3.90. The van der Waals surface area contributed by atoms with Crippen molar-refractivity contribution in [3.63, 3.8) is 0 Å². The van der Waals surface area contributed by atoms with Gasteiger partial charge in [-0.1, -0.05) is 18.2 Å². The molecule has 1 aliphatic rings. The van der Waals surface area contributed by atoms with E-state index in [0.29, 0.717) is 5.56 Å². The van der Waals surface area contributed by atoms with E-state index in [0.717, 1.165) is 19.3 Å². The summed E-state index contributed by atoms with van der Waals surface area (Å²) in [6.45, 7) is 0. The van der Waals surface area contributed by atoms with Crippen LogP contribution in [0.5, 0.6) is 0 Å². The average molecular weight is 205 g/mol. The largest absolute Gasteiger partial charge is 0.457 e. The number of rotatable bonds is 2. The zero-order chi connectivity index (χ0) is 10.7. The molecule has 2 unspecified atom stereocenters. The van der Waals surface area contributed by atoms with Gasteiger partial charge in [-0.3, -0.25) is 0 Å². The maximum absolute atomic E-state index is 11.7. The summed E-state index contributed by atoms with van der Waals surface area (Å²) < 4.78 is 5.35. The van der Waals surface area contributed by atoms with Crippen molar-refractivity contribution in [2.75, 3.05) is 0 Å². The van der Waals surface area contributed by atoms with E-state index in [1.54, 1.807) is 12.1 Å². The lowest BCUT2D eigenvalue weighted by Gasteiger charge is -2.16. The summed E-state index contributed by atoms with van der Waals surface area (Å²) in [4.78, 5) is 11.7. The van der Waals surface area contributed by atoms with Crippen LogP contribution in [0, 0.1) is 0 Å². The Morgan fingerprint density at radius 2 is 2.00 bits per heavy atom. The van der Waals surface area contributed by atoms with Gasteiger partial charge in [0.2, 0.25) is 0 Å². The normalized spacial score (nSPS) is 25.1. The predicted molar refractivity (Wildman–Crippen MR) is 57.5 cm³/mol. The molecule has 0 amide bonds. The zero-order valence-electron chi connectivity index (χ0n) is 8.56. The molecular formula is C12H15NO2. The van der Waals surface area contributed by atoms with Gasteiger partial charge in [0.1, 0.15) is 6.10 Å². The van der Waals surface area contributed by atoms with Crippen molar-refractivity contribution < 1.29 is 9.53 Å². The van der Waals surface area contributed by atoms with Gasteiger partial charge in [-0.2, -0.15) is 0 Å². The first-order chi connectivity index (χ1) is 7.27. The number of esters is 1. The van der Waals surface area contributed by atoms with Crippen LogP contribution in [0.1, 0.15) is 29.6 Å². The van der Waals surface area contributed by atoms with Crippen LogP contribution < -0.4 is 5.73 Å². The van der Waals surface area contributed by atoms with Gasteiger partial charge in [-0.05, 0) is 31.4 Å². The lowest BCUT2D eigenvalue weighted by atomic mass is 10.2. The molecule has 0 saturated heterocycles. The van der Waals surface area contributed by atoms with Gasteiger partial charge in [0.15, 0.2) is 0 Å². The molecule has 1 saturated carbocycles. The molecule has 1 aromatic rings. The van der Waals surface area contributed by atoms with Gasteiger partial charge in [-0.25, -0.2) is 4.79 Å². The third kappa shape index (κ3) is 2.36. The van der Waals surface area contributed by atoms with Crippen LogP contribution in [0.3, 0.4) is 0 Å².